The highest BCUT2D eigenvalue weighted by Crippen LogP contribution is 2.43. The van der Waals surface area contributed by atoms with Gasteiger partial charge < -0.3 is 19.4 Å². The molecule has 0 amide bonds. The fourth-order valence-corrected chi connectivity index (χ4v) is 3.81. The van der Waals surface area contributed by atoms with Crippen LogP contribution in [-0.2, 0) is 9.16 Å². The first kappa shape index (κ1) is 17.2. The Bertz CT molecular complexity index is 312. The van der Waals surface area contributed by atoms with E-state index < -0.39 is 13.9 Å². The zero-order chi connectivity index (χ0) is 15.1. The van der Waals surface area contributed by atoms with Crippen LogP contribution in [0.2, 0.25) is 18.1 Å². The predicted molar refractivity (Wildman–Crippen MR) is 81.6 cm³/mol. The van der Waals surface area contributed by atoms with Crippen LogP contribution in [0.25, 0.3) is 0 Å². The number of hydrogen-bond acceptors (Lipinski definition) is 4. The van der Waals surface area contributed by atoms with E-state index in [-0.39, 0.29) is 36.3 Å². The van der Waals surface area contributed by atoms with Crippen molar-refractivity contribution in [2.45, 2.75) is 63.5 Å². The van der Waals surface area contributed by atoms with Gasteiger partial charge in [0.2, 0.25) is 0 Å². The highest BCUT2D eigenvalue weighted by Gasteiger charge is 2.53. The minimum atomic E-state index is -1.88. The maximum Gasteiger partial charge on any atom is 0.192 e. The lowest BCUT2D eigenvalue weighted by Crippen LogP contribution is -2.49. The van der Waals surface area contributed by atoms with Crippen LogP contribution >= 0.6 is 0 Å². The molecule has 0 radical (unpaired) electrons. The van der Waals surface area contributed by atoms with Crippen LogP contribution in [-0.4, -0.2) is 57.3 Å². The van der Waals surface area contributed by atoms with Crippen LogP contribution in [0.4, 0.5) is 0 Å². The summed E-state index contributed by atoms with van der Waals surface area (Å²) in [6.07, 6.45) is -0.0693. The molecular formula is C13H29BO4Si. The summed E-state index contributed by atoms with van der Waals surface area (Å²) in [6, 6.07) is -0.108. The lowest BCUT2D eigenvalue weighted by atomic mass is 9.83. The van der Waals surface area contributed by atoms with Gasteiger partial charge in [-0.2, -0.15) is 0 Å². The van der Waals surface area contributed by atoms with Gasteiger partial charge in [0.05, 0.1) is 19.3 Å². The van der Waals surface area contributed by atoms with Gasteiger partial charge in [-0.1, -0.05) is 27.7 Å². The van der Waals surface area contributed by atoms with Crippen molar-refractivity contribution in [2.75, 3.05) is 13.2 Å². The van der Waals surface area contributed by atoms with Crippen LogP contribution < -0.4 is 0 Å². The SMILES string of the molecule is B[C@@H]1OC(CO)(CO)C(C)[C@@H]1O[Si](C)(C)C(C)(C)C. The first-order chi connectivity index (χ1) is 8.50. The number of aliphatic hydroxyl groups excluding tert-OH is 2. The lowest BCUT2D eigenvalue weighted by Gasteiger charge is -2.40. The molecule has 6 heteroatoms. The monoisotopic (exact) mass is 288 g/mol. The van der Waals surface area contributed by atoms with Gasteiger partial charge in [0, 0.05) is 11.9 Å². The van der Waals surface area contributed by atoms with Gasteiger partial charge in [0.1, 0.15) is 13.4 Å². The summed E-state index contributed by atoms with van der Waals surface area (Å²) in [7, 11) is 0.0749. The summed E-state index contributed by atoms with van der Waals surface area (Å²) in [4.78, 5) is 0. The van der Waals surface area contributed by atoms with Gasteiger partial charge in [-0.3, -0.25) is 0 Å². The molecular weight excluding hydrogens is 259 g/mol. The molecule has 1 rings (SSSR count). The molecule has 1 aliphatic rings. The van der Waals surface area contributed by atoms with Crippen molar-refractivity contribution in [1.82, 2.24) is 0 Å². The number of rotatable bonds is 4. The van der Waals surface area contributed by atoms with Crippen molar-refractivity contribution in [2.24, 2.45) is 5.92 Å². The van der Waals surface area contributed by atoms with Gasteiger partial charge in [-0.05, 0) is 18.1 Å². The third-order valence-corrected chi connectivity index (χ3v) is 9.45. The molecule has 1 saturated heterocycles. The molecule has 1 fully saturated rings. The molecule has 0 aromatic rings. The van der Waals surface area contributed by atoms with E-state index in [1.54, 1.807) is 0 Å². The van der Waals surface area contributed by atoms with E-state index in [1.165, 1.54) is 0 Å². The molecule has 19 heavy (non-hydrogen) atoms. The van der Waals surface area contributed by atoms with Gasteiger partial charge in [-0.25, -0.2) is 0 Å². The van der Waals surface area contributed by atoms with E-state index in [1.807, 2.05) is 14.8 Å². The minimum absolute atomic E-state index is 0.0216. The largest absolute Gasteiger partial charge is 0.412 e. The summed E-state index contributed by atoms with van der Waals surface area (Å²) in [5, 5.41) is 19.2. The van der Waals surface area contributed by atoms with Gasteiger partial charge in [-0.15, -0.1) is 0 Å². The topological polar surface area (TPSA) is 58.9 Å². The molecule has 3 atom stereocenters. The van der Waals surface area contributed by atoms with Crippen LogP contribution in [0, 0.1) is 5.92 Å². The zero-order valence-electron chi connectivity index (χ0n) is 13.4. The summed E-state index contributed by atoms with van der Waals surface area (Å²) >= 11 is 0. The van der Waals surface area contributed by atoms with E-state index in [0.717, 1.165) is 0 Å². The fraction of sp³-hybridized carbons (Fsp3) is 1.00. The molecule has 0 aromatic heterocycles. The van der Waals surface area contributed by atoms with Gasteiger partial charge in [0.15, 0.2) is 8.32 Å². The Hall–Kier alpha value is 0.122. The van der Waals surface area contributed by atoms with Crippen molar-refractivity contribution in [3.8, 4) is 0 Å². The van der Waals surface area contributed by atoms with Crippen molar-refractivity contribution in [3.63, 3.8) is 0 Å². The van der Waals surface area contributed by atoms with Crippen molar-refractivity contribution >= 4 is 16.2 Å². The predicted octanol–water partition coefficient (Wildman–Crippen LogP) is 0.726. The van der Waals surface area contributed by atoms with E-state index >= 15 is 0 Å². The molecule has 1 heterocycles. The number of aliphatic hydroxyl groups is 2. The Labute approximate surface area is 119 Å². The zero-order valence-corrected chi connectivity index (χ0v) is 14.4. The Morgan fingerprint density at radius 3 is 2.05 bits per heavy atom. The fourth-order valence-electron chi connectivity index (χ4n) is 2.38. The first-order valence-corrected chi connectivity index (χ1v) is 9.99. The second-order valence-corrected chi connectivity index (χ2v) is 12.1. The normalized spacial score (nSPS) is 31.7. The summed E-state index contributed by atoms with van der Waals surface area (Å²) in [5.41, 5.74) is -0.869. The molecule has 4 nitrogen and oxygen atoms in total. The Kier molecular flexibility index (Phi) is 4.96. The first-order valence-electron chi connectivity index (χ1n) is 7.08. The third kappa shape index (κ3) is 3.08. The molecule has 1 unspecified atom stereocenters. The second kappa shape index (κ2) is 5.48. The van der Waals surface area contributed by atoms with Crippen LogP contribution in [0.1, 0.15) is 27.7 Å². The van der Waals surface area contributed by atoms with Gasteiger partial charge in [0.25, 0.3) is 0 Å². The summed E-state index contributed by atoms with van der Waals surface area (Å²) in [5.74, 6) is -0.0216. The molecule has 2 N–H and O–H groups in total. The molecule has 112 valence electrons. The molecule has 0 saturated carbocycles. The molecule has 0 bridgehead atoms. The standard InChI is InChI=1S/C13H29BO4Si/c1-9-10(18-19(5,6)12(2,3)4)11(14)17-13(9,7-15)8-16/h9-11,15-16H,7-8,14H2,1-6H3/t9?,10-,11+/m0/s1. The van der Waals surface area contributed by atoms with Crippen LogP contribution in [0.15, 0.2) is 0 Å². The molecule has 0 aliphatic carbocycles. The van der Waals surface area contributed by atoms with Crippen molar-refractivity contribution in [3.05, 3.63) is 0 Å². The van der Waals surface area contributed by atoms with E-state index in [4.69, 9.17) is 9.16 Å². The molecule has 0 aromatic carbocycles. The summed E-state index contributed by atoms with van der Waals surface area (Å²) < 4.78 is 12.3. The Morgan fingerprint density at radius 1 is 1.26 bits per heavy atom. The maximum atomic E-state index is 9.55. The molecule has 0 spiro atoms. The average molecular weight is 288 g/mol. The quantitative estimate of drug-likeness (QED) is 0.749. The van der Waals surface area contributed by atoms with Gasteiger partial charge >= 0.3 is 0 Å². The van der Waals surface area contributed by atoms with E-state index in [9.17, 15) is 10.2 Å². The number of hydrogen-bond donors (Lipinski definition) is 2. The summed E-state index contributed by atoms with van der Waals surface area (Å²) in [6.45, 7) is 12.7. The highest BCUT2D eigenvalue weighted by atomic mass is 28.4. The molecule has 1 aliphatic heterocycles. The maximum absolute atomic E-state index is 9.55. The smallest absolute Gasteiger partial charge is 0.192 e. The van der Waals surface area contributed by atoms with E-state index in [0.29, 0.717) is 0 Å². The van der Waals surface area contributed by atoms with E-state index in [2.05, 4.69) is 33.9 Å². The third-order valence-electron chi connectivity index (χ3n) is 4.98. The number of ether oxygens (including phenoxy) is 1. The lowest BCUT2D eigenvalue weighted by molar-refractivity contribution is -0.0991. The van der Waals surface area contributed by atoms with Crippen LogP contribution in [0.3, 0.4) is 0 Å². The van der Waals surface area contributed by atoms with Crippen molar-refractivity contribution < 1.29 is 19.4 Å². The second-order valence-electron chi connectivity index (χ2n) is 7.34. The van der Waals surface area contributed by atoms with Crippen molar-refractivity contribution in [1.29, 1.82) is 0 Å². The highest BCUT2D eigenvalue weighted by molar-refractivity contribution is 6.74. The average Bonchev–Trinajstić information content (AvgIpc) is 2.52. The Morgan fingerprint density at radius 2 is 1.74 bits per heavy atom. The van der Waals surface area contributed by atoms with Crippen LogP contribution in [0.5, 0.6) is 0 Å². The minimum Gasteiger partial charge on any atom is -0.412 e. The Balaban J connectivity index is 2.91.